The maximum atomic E-state index is 12.6. The number of alkyl halides is 9. The van der Waals surface area contributed by atoms with Crippen molar-refractivity contribution in [2.24, 2.45) is 5.73 Å². The number of fused-ring (bicyclic) bond motifs is 10. The van der Waals surface area contributed by atoms with Crippen molar-refractivity contribution in [3.05, 3.63) is 82.6 Å². The molecule has 2 aromatic carbocycles. The number of benzene rings is 2. The number of esters is 2. The summed E-state index contributed by atoms with van der Waals surface area (Å²) in [5.41, 5.74) is -7.44. The van der Waals surface area contributed by atoms with Crippen molar-refractivity contribution < 1.29 is 170 Å². The van der Waals surface area contributed by atoms with Crippen LogP contribution in [0, 0.1) is 6.68 Å². The van der Waals surface area contributed by atoms with Crippen LogP contribution < -0.4 is 41.6 Å². The van der Waals surface area contributed by atoms with Crippen LogP contribution in [0.5, 0.6) is 0 Å². The molecule has 10 atom stereocenters. The van der Waals surface area contributed by atoms with Gasteiger partial charge in [0.05, 0.1) is 40.4 Å². The Labute approximate surface area is 480 Å². The summed E-state index contributed by atoms with van der Waals surface area (Å²) in [6.07, 6.45) is 1.17. The molecule has 2 aromatic rings. The van der Waals surface area contributed by atoms with Crippen LogP contribution >= 0.6 is 0 Å². The number of likely N-dealkylation sites (tertiary alicyclic amines) is 2. The van der Waals surface area contributed by atoms with E-state index < -0.39 is 79.0 Å². The maximum absolute atomic E-state index is 12.6. The van der Waals surface area contributed by atoms with Crippen LogP contribution in [0.25, 0.3) is 4.13 Å². The number of hydrogen-bond donors (Lipinski definition) is 3. The fourth-order valence-corrected chi connectivity index (χ4v) is 11.6. The quantitative estimate of drug-likeness (QED) is 0.0326. The Morgan fingerprint density at radius 1 is 0.637 bits per heavy atom. The van der Waals surface area contributed by atoms with Crippen LogP contribution in [0.2, 0.25) is 0 Å². The third-order valence-electron chi connectivity index (χ3n) is 13.2. The molecular formula is C42H54BrF12LiN4O16S4. The summed E-state index contributed by atoms with van der Waals surface area (Å²) in [4.78, 5) is 25.2. The number of halogens is 13. The number of carbonyl (C=O) groups excluding carboxylic acids is 2. The molecular weight excluding hydrogens is 1260 g/mol. The van der Waals surface area contributed by atoms with E-state index in [0.717, 1.165) is 37.3 Å². The normalized spacial score (nSPS) is 28.2. The summed E-state index contributed by atoms with van der Waals surface area (Å²) in [5.74, 6) is -1.82. The third kappa shape index (κ3) is 20.0. The SMILES string of the molecule is CCCC[N+]1(C)C2C3OC3C1C2OC(=O)C(CO)c1ccccc1.CCCC[N+]1(C)C2C3OC3C1C2OC(=O)C(CO)c1ccccc1.F[C-](F)F.NC(F)(F)F.O=S(=O)([N-]S(=O)(=O)C(F)(F)F)C(F)(F)F.O=S=O.O=S=O.[Br-].[Li+]. The van der Waals surface area contributed by atoms with E-state index in [1.54, 1.807) is 0 Å². The zero-order valence-corrected chi connectivity index (χ0v) is 47.3. The number of sulfonamides is 2. The first-order valence-electron chi connectivity index (χ1n) is 22.6. The summed E-state index contributed by atoms with van der Waals surface area (Å²) in [6, 6.07) is 19.8. The summed E-state index contributed by atoms with van der Waals surface area (Å²) in [7, 11) is -8.90. The second-order valence-electron chi connectivity index (χ2n) is 17.8. The van der Waals surface area contributed by atoms with Crippen molar-refractivity contribution >= 4 is 55.1 Å². The Hall–Kier alpha value is -3.16. The minimum Gasteiger partial charge on any atom is -1.00 e. The predicted octanol–water partition coefficient (Wildman–Crippen LogP) is -1.56. The molecule has 4 saturated heterocycles. The van der Waals surface area contributed by atoms with Gasteiger partial charge in [-0.25, -0.2) is 22.6 Å². The van der Waals surface area contributed by atoms with Crippen LogP contribution in [0.1, 0.15) is 62.5 Å². The number of aliphatic hydroxyl groups is 2. The van der Waals surface area contributed by atoms with Crippen molar-refractivity contribution in [2.45, 2.75) is 129 Å². The minimum absolute atomic E-state index is 0. The number of likely N-dealkylation sites (N-methyl/N-ethyl adjacent to an activating group) is 2. The molecule has 2 aliphatic carbocycles. The second-order valence-corrected chi connectivity index (χ2v) is 21.5. The van der Waals surface area contributed by atoms with Crippen LogP contribution in [-0.2, 0) is 71.7 Å². The van der Waals surface area contributed by atoms with E-state index in [1.807, 2.05) is 60.7 Å². The fraction of sp³-hybridized carbons (Fsp3) is 0.643. The first-order valence-corrected chi connectivity index (χ1v) is 26.8. The number of aliphatic hydroxyl groups excluding tert-OH is 2. The fourth-order valence-electron chi connectivity index (χ4n) is 9.92. The molecule has 80 heavy (non-hydrogen) atoms. The van der Waals surface area contributed by atoms with Gasteiger partial charge in [-0.15, -0.1) is 0 Å². The van der Waals surface area contributed by atoms with Crippen LogP contribution in [-0.4, -0.2) is 183 Å². The topological polar surface area (TPSA) is 295 Å². The van der Waals surface area contributed by atoms with Gasteiger partial charge in [-0.2, -0.15) is 56.3 Å². The number of hydrogen-bond acceptors (Lipinski definition) is 17. The minimum atomic E-state index is -6.72. The van der Waals surface area contributed by atoms with Crippen molar-refractivity contribution in [3.63, 3.8) is 0 Å². The molecule has 4 aliphatic heterocycles. The van der Waals surface area contributed by atoms with Gasteiger partial charge in [0.15, 0.2) is 50.9 Å². The molecule has 38 heteroatoms. The number of unbranched alkanes of at least 4 members (excludes halogenated alkanes) is 2. The Balaban J connectivity index is 0.00000105. The number of carbonyl (C=O) groups is 2. The van der Waals surface area contributed by atoms with Crippen LogP contribution in [0.15, 0.2) is 60.7 Å². The Morgan fingerprint density at radius 2 is 0.875 bits per heavy atom. The predicted molar refractivity (Wildman–Crippen MR) is 245 cm³/mol. The number of nitrogens with two attached hydrogens (primary N) is 1. The summed E-state index contributed by atoms with van der Waals surface area (Å²) >= 11 is -1.50. The Morgan fingerprint density at radius 3 is 1.07 bits per heavy atom. The summed E-state index contributed by atoms with van der Waals surface area (Å²) < 4.78 is 227. The van der Waals surface area contributed by atoms with Gasteiger partial charge in [0.2, 0.25) is 12.2 Å². The monoisotopic (exact) mass is 1310 g/mol. The Kier molecular flexibility index (Phi) is 30.9. The number of ether oxygens (including phenoxy) is 4. The third-order valence-corrected chi connectivity index (χ3v) is 15.9. The molecule has 4 N–H and O–H groups in total. The second kappa shape index (κ2) is 32.2. The molecule has 2 saturated carbocycles. The number of nitrogens with zero attached hydrogens (tertiary/aromatic N) is 3. The van der Waals surface area contributed by atoms with Crippen molar-refractivity contribution in [1.82, 2.24) is 0 Å². The van der Waals surface area contributed by atoms with Gasteiger partial charge in [0.1, 0.15) is 36.3 Å². The van der Waals surface area contributed by atoms with E-state index in [9.17, 15) is 89.3 Å². The van der Waals surface area contributed by atoms with Crippen molar-refractivity contribution in [3.8, 4) is 0 Å². The first kappa shape index (κ1) is 76.8. The smallest absolute Gasteiger partial charge is 1.00 e. The van der Waals surface area contributed by atoms with Gasteiger partial charge in [-0.3, -0.25) is 9.59 Å². The van der Waals surface area contributed by atoms with E-state index in [1.165, 1.54) is 25.7 Å². The summed E-state index contributed by atoms with van der Waals surface area (Å²) in [5, 5.41) is 19.3. The Bertz CT molecular complexity index is 2360. The van der Waals surface area contributed by atoms with Crippen molar-refractivity contribution in [1.29, 1.82) is 0 Å². The molecule has 20 nitrogen and oxygen atoms in total. The summed E-state index contributed by atoms with van der Waals surface area (Å²) in [6.45, 7) is 3.12. The van der Waals surface area contributed by atoms with E-state index in [0.29, 0.717) is 0 Å². The average Bonchev–Trinajstić information content (AvgIpc) is 4.14. The maximum Gasteiger partial charge on any atom is 1.00 e. The molecule has 4 bridgehead atoms. The molecule has 0 radical (unpaired) electrons. The van der Waals surface area contributed by atoms with Gasteiger partial charge >= 0.3 is 71.3 Å². The van der Waals surface area contributed by atoms with E-state index in [2.05, 4.69) is 33.7 Å². The molecule has 0 amide bonds. The van der Waals surface area contributed by atoms with E-state index in [4.69, 9.17) is 35.8 Å². The molecule has 8 rings (SSSR count). The number of quaternary nitrogens is 2. The molecule has 454 valence electrons. The van der Waals surface area contributed by atoms with E-state index >= 15 is 0 Å². The molecule has 0 spiro atoms. The van der Waals surface area contributed by atoms with Gasteiger partial charge in [0.25, 0.3) is 0 Å². The number of morpholine rings is 2. The van der Waals surface area contributed by atoms with Gasteiger partial charge in [0, 0.05) is 0 Å². The molecule has 0 aromatic heterocycles. The first-order chi connectivity index (χ1) is 36.0. The number of rotatable bonds is 16. The molecule has 4 heterocycles. The van der Waals surface area contributed by atoms with Gasteiger partial charge in [-0.1, -0.05) is 87.4 Å². The van der Waals surface area contributed by atoms with Gasteiger partial charge < -0.3 is 72.4 Å². The average molecular weight is 1310 g/mol. The largest absolute Gasteiger partial charge is 1.00 e. The number of epoxide rings is 2. The van der Waals surface area contributed by atoms with E-state index in [-0.39, 0.29) is 122 Å². The van der Waals surface area contributed by atoms with Gasteiger partial charge in [-0.05, 0) is 24.0 Å². The standard InChI is InChI=1S/2C19H26NO4.C2F6NO4S2.CH2F3N.CF3.BrH.Li.2O2S/c2*1-3-4-10-20(2)14-16(15(20)18-17(14)23-18)24-19(22)13(11-21)12-8-6-5-7-9-12;3-1(4,5)14(10,11)9-15(12,13)2(6,7)8;2-1(3,4)5;2-1(3)4;;;2*1-3-2/h2*5-9,13-18,21H,3-4,10-11H2,1-2H3;;5H2;;1H;;;/q2*+1;-1;;-1;;+1;;/p-1. The van der Waals surface area contributed by atoms with Crippen molar-refractivity contribution in [2.75, 3.05) is 40.4 Å². The molecule has 6 fully saturated rings. The molecule has 6 aliphatic rings. The van der Waals surface area contributed by atoms with Crippen LogP contribution in [0.4, 0.5) is 52.7 Å². The zero-order chi connectivity index (χ0) is 60.0. The van der Waals surface area contributed by atoms with Crippen LogP contribution in [0.3, 0.4) is 0 Å². The zero-order valence-electron chi connectivity index (χ0n) is 42.4. The molecule has 10 unspecified atom stereocenters.